The van der Waals surface area contributed by atoms with Crippen LogP contribution in [0.2, 0.25) is 0 Å². The molecule has 2 aromatic rings. The third kappa shape index (κ3) is 2.10. The Morgan fingerprint density at radius 2 is 2.29 bits per heavy atom. The topological polar surface area (TPSA) is 71.8 Å². The number of benzene rings is 1. The first kappa shape index (κ1) is 11.9. The highest BCUT2D eigenvalue weighted by atomic mass is 35.5. The van der Waals surface area contributed by atoms with Gasteiger partial charge in [-0.05, 0) is 12.5 Å². The Kier molecular flexibility index (Phi) is 3.28. The molecule has 17 heavy (non-hydrogen) atoms. The Hall–Kier alpha value is -1.62. The van der Waals surface area contributed by atoms with Crippen molar-refractivity contribution in [1.82, 2.24) is 9.97 Å². The van der Waals surface area contributed by atoms with Crippen molar-refractivity contribution in [2.75, 3.05) is 0 Å². The van der Waals surface area contributed by atoms with E-state index in [1.807, 2.05) is 6.92 Å². The van der Waals surface area contributed by atoms with Gasteiger partial charge < -0.3 is 4.98 Å². The number of aryl methyl sites for hydroxylation is 1. The molecule has 0 bridgehead atoms. The van der Waals surface area contributed by atoms with Crippen LogP contribution in [0.3, 0.4) is 0 Å². The number of fused-ring (bicyclic) bond motifs is 1. The standard InChI is InChI=1S/C11H12ClN3O2/c1-2-3-7-9(15(16)17)5-4-8-11(7)14-10(6-12)13-8/h4-5H,2-3,6H2,1H3,(H,13,14). The van der Waals surface area contributed by atoms with E-state index in [0.717, 1.165) is 11.9 Å². The first-order chi connectivity index (χ1) is 8.17. The van der Waals surface area contributed by atoms with Crippen LogP contribution in [0, 0.1) is 10.1 Å². The lowest BCUT2D eigenvalue weighted by Crippen LogP contribution is -1.96. The zero-order valence-electron chi connectivity index (χ0n) is 9.36. The summed E-state index contributed by atoms with van der Waals surface area (Å²) in [7, 11) is 0. The van der Waals surface area contributed by atoms with Crippen molar-refractivity contribution in [2.45, 2.75) is 25.6 Å². The lowest BCUT2D eigenvalue weighted by Gasteiger charge is -2.01. The molecule has 6 heteroatoms. The van der Waals surface area contributed by atoms with Crippen LogP contribution in [0.4, 0.5) is 5.69 Å². The SMILES string of the molecule is CCCc1c([N+](=O)[O-])ccc2[nH]c(CCl)nc12. The molecule has 0 aliphatic carbocycles. The maximum Gasteiger partial charge on any atom is 0.274 e. The van der Waals surface area contributed by atoms with Crippen molar-refractivity contribution in [3.63, 3.8) is 0 Å². The fourth-order valence-electron chi connectivity index (χ4n) is 1.90. The second-order valence-electron chi connectivity index (χ2n) is 3.78. The number of rotatable bonds is 4. The highest BCUT2D eigenvalue weighted by Gasteiger charge is 2.18. The molecule has 5 nitrogen and oxygen atoms in total. The molecule has 0 saturated carbocycles. The highest BCUT2D eigenvalue weighted by molar-refractivity contribution is 6.16. The van der Waals surface area contributed by atoms with Crippen LogP contribution in [0.5, 0.6) is 0 Å². The first-order valence-corrected chi connectivity index (χ1v) is 5.91. The largest absolute Gasteiger partial charge is 0.341 e. The van der Waals surface area contributed by atoms with Gasteiger partial charge in [-0.25, -0.2) is 4.98 Å². The molecule has 0 amide bonds. The monoisotopic (exact) mass is 253 g/mol. The van der Waals surface area contributed by atoms with E-state index in [9.17, 15) is 10.1 Å². The van der Waals surface area contributed by atoms with E-state index in [-0.39, 0.29) is 16.5 Å². The Bertz CT molecular complexity index is 565. The molecule has 1 N–H and O–H groups in total. The minimum Gasteiger partial charge on any atom is -0.341 e. The molecule has 0 spiro atoms. The Morgan fingerprint density at radius 1 is 1.53 bits per heavy atom. The second-order valence-corrected chi connectivity index (χ2v) is 4.05. The summed E-state index contributed by atoms with van der Waals surface area (Å²) in [6.07, 6.45) is 1.48. The highest BCUT2D eigenvalue weighted by Crippen LogP contribution is 2.27. The molecule has 1 heterocycles. The summed E-state index contributed by atoms with van der Waals surface area (Å²) in [5.74, 6) is 0.910. The summed E-state index contributed by atoms with van der Waals surface area (Å²) >= 11 is 5.70. The van der Waals surface area contributed by atoms with Crippen molar-refractivity contribution in [3.8, 4) is 0 Å². The predicted octanol–water partition coefficient (Wildman–Crippen LogP) is 3.16. The van der Waals surface area contributed by atoms with E-state index in [4.69, 9.17) is 11.6 Å². The Balaban J connectivity index is 2.68. The van der Waals surface area contributed by atoms with Gasteiger partial charge in [0.25, 0.3) is 5.69 Å². The van der Waals surface area contributed by atoms with Crippen LogP contribution in [-0.4, -0.2) is 14.9 Å². The zero-order chi connectivity index (χ0) is 12.4. The summed E-state index contributed by atoms with van der Waals surface area (Å²) in [6, 6.07) is 3.19. The number of H-pyrrole nitrogens is 1. The average molecular weight is 254 g/mol. The Labute approximate surface area is 103 Å². The number of hydrogen-bond donors (Lipinski definition) is 1. The summed E-state index contributed by atoms with van der Waals surface area (Å²) in [5, 5.41) is 11.0. The van der Waals surface area contributed by atoms with Crippen LogP contribution in [0.25, 0.3) is 11.0 Å². The molecular formula is C11H12ClN3O2. The smallest absolute Gasteiger partial charge is 0.274 e. The van der Waals surface area contributed by atoms with Gasteiger partial charge in [0.1, 0.15) is 5.82 Å². The van der Waals surface area contributed by atoms with Crippen LogP contribution < -0.4 is 0 Å². The number of nitrogens with one attached hydrogen (secondary N) is 1. The molecule has 0 aliphatic heterocycles. The number of nitrogens with zero attached hydrogens (tertiary/aromatic N) is 2. The molecule has 90 valence electrons. The van der Waals surface area contributed by atoms with Gasteiger partial charge in [-0.15, -0.1) is 11.6 Å². The van der Waals surface area contributed by atoms with Gasteiger partial charge >= 0.3 is 0 Å². The van der Waals surface area contributed by atoms with Gasteiger partial charge in [0.15, 0.2) is 0 Å². The van der Waals surface area contributed by atoms with E-state index in [2.05, 4.69) is 9.97 Å². The van der Waals surface area contributed by atoms with Gasteiger partial charge in [-0.1, -0.05) is 13.3 Å². The zero-order valence-corrected chi connectivity index (χ0v) is 10.1. The molecule has 2 rings (SSSR count). The number of halogens is 1. The van der Waals surface area contributed by atoms with Crippen LogP contribution in [0.1, 0.15) is 24.7 Å². The second kappa shape index (κ2) is 4.71. The van der Waals surface area contributed by atoms with E-state index < -0.39 is 0 Å². The number of aromatic amines is 1. The van der Waals surface area contributed by atoms with Crippen molar-refractivity contribution < 1.29 is 4.92 Å². The first-order valence-electron chi connectivity index (χ1n) is 5.38. The molecule has 0 aliphatic rings. The van der Waals surface area contributed by atoms with Gasteiger partial charge in [0.2, 0.25) is 0 Å². The summed E-state index contributed by atoms with van der Waals surface area (Å²) < 4.78 is 0. The number of nitro groups is 1. The van der Waals surface area contributed by atoms with Gasteiger partial charge in [0, 0.05) is 6.07 Å². The number of nitro benzene ring substituents is 1. The fraction of sp³-hybridized carbons (Fsp3) is 0.364. The van der Waals surface area contributed by atoms with Gasteiger partial charge in [-0.2, -0.15) is 0 Å². The van der Waals surface area contributed by atoms with E-state index in [1.54, 1.807) is 6.07 Å². The normalized spacial score (nSPS) is 10.9. The van der Waals surface area contributed by atoms with Crippen LogP contribution >= 0.6 is 11.6 Å². The van der Waals surface area contributed by atoms with E-state index in [1.165, 1.54) is 6.07 Å². The third-order valence-corrected chi connectivity index (χ3v) is 2.86. The minimum atomic E-state index is -0.362. The van der Waals surface area contributed by atoms with Crippen LogP contribution in [-0.2, 0) is 12.3 Å². The summed E-state index contributed by atoms with van der Waals surface area (Å²) in [6.45, 7) is 1.98. The van der Waals surface area contributed by atoms with Crippen molar-refractivity contribution in [2.24, 2.45) is 0 Å². The molecular weight excluding hydrogens is 242 g/mol. The van der Waals surface area contributed by atoms with E-state index >= 15 is 0 Å². The summed E-state index contributed by atoms with van der Waals surface area (Å²) in [5.41, 5.74) is 2.28. The average Bonchev–Trinajstić information content (AvgIpc) is 2.72. The van der Waals surface area contributed by atoms with Crippen LogP contribution in [0.15, 0.2) is 12.1 Å². The maximum absolute atomic E-state index is 11.0. The molecule has 0 atom stereocenters. The fourth-order valence-corrected chi connectivity index (χ4v) is 2.03. The predicted molar refractivity (Wildman–Crippen MR) is 66.3 cm³/mol. The molecule has 0 fully saturated rings. The molecule has 0 saturated heterocycles. The van der Waals surface area contributed by atoms with Crippen molar-refractivity contribution >= 4 is 28.3 Å². The van der Waals surface area contributed by atoms with Crippen molar-refractivity contribution in [3.05, 3.63) is 33.6 Å². The van der Waals surface area contributed by atoms with Crippen molar-refractivity contribution in [1.29, 1.82) is 0 Å². The van der Waals surface area contributed by atoms with Gasteiger partial charge in [0.05, 0.1) is 27.4 Å². The van der Waals surface area contributed by atoms with E-state index in [0.29, 0.717) is 23.3 Å². The minimum absolute atomic E-state index is 0.131. The maximum atomic E-state index is 11.0. The van der Waals surface area contributed by atoms with Gasteiger partial charge in [-0.3, -0.25) is 10.1 Å². The lowest BCUT2D eigenvalue weighted by molar-refractivity contribution is -0.385. The molecule has 0 radical (unpaired) electrons. The lowest BCUT2D eigenvalue weighted by atomic mass is 10.1. The quantitative estimate of drug-likeness (QED) is 0.517. The third-order valence-electron chi connectivity index (χ3n) is 2.61. The molecule has 1 aromatic heterocycles. The number of aromatic nitrogens is 2. The number of imidazole rings is 1. The summed E-state index contributed by atoms with van der Waals surface area (Å²) in [4.78, 5) is 17.9. The Morgan fingerprint density at radius 3 is 2.88 bits per heavy atom. The molecule has 1 aromatic carbocycles. The number of alkyl halides is 1. The number of hydrogen-bond acceptors (Lipinski definition) is 3. The molecule has 0 unspecified atom stereocenters.